The monoisotopic (exact) mass is 415 g/mol. The summed E-state index contributed by atoms with van der Waals surface area (Å²) in [6.45, 7) is 0.214. The third-order valence-electron chi connectivity index (χ3n) is 5.44. The number of para-hydroxylation sites is 1. The van der Waals surface area contributed by atoms with E-state index in [2.05, 4.69) is 12.1 Å². The van der Waals surface area contributed by atoms with Crippen LogP contribution in [0.1, 0.15) is 15.9 Å². The van der Waals surface area contributed by atoms with Crippen molar-refractivity contribution >= 4 is 16.9 Å². The van der Waals surface area contributed by atoms with Gasteiger partial charge in [-0.2, -0.15) is 0 Å². The first-order valence-electron chi connectivity index (χ1n) is 10.5. The van der Waals surface area contributed by atoms with Crippen molar-refractivity contribution in [3.8, 4) is 22.4 Å². The number of carbonyl (C=O) groups is 1. The van der Waals surface area contributed by atoms with Gasteiger partial charge in [0.1, 0.15) is 6.61 Å². The Morgan fingerprint density at radius 2 is 1.25 bits per heavy atom. The molecular weight excluding hydrogens is 394 g/mol. The Morgan fingerprint density at radius 3 is 1.97 bits per heavy atom. The van der Waals surface area contributed by atoms with E-state index >= 15 is 0 Å². The van der Waals surface area contributed by atoms with Gasteiger partial charge in [-0.1, -0.05) is 103 Å². The van der Waals surface area contributed by atoms with Crippen LogP contribution in [0.2, 0.25) is 0 Å². The minimum absolute atomic E-state index is 0.214. The molecule has 0 fully saturated rings. The van der Waals surface area contributed by atoms with E-state index in [9.17, 15) is 4.79 Å². The van der Waals surface area contributed by atoms with Crippen molar-refractivity contribution in [1.82, 2.24) is 4.98 Å². The van der Waals surface area contributed by atoms with Gasteiger partial charge in [0.2, 0.25) is 0 Å². The highest BCUT2D eigenvalue weighted by molar-refractivity contribution is 6.04. The fraction of sp³-hybridized carbons (Fsp3) is 0.0345. The first kappa shape index (κ1) is 19.7. The molecule has 3 nitrogen and oxygen atoms in total. The number of hydrogen-bond donors (Lipinski definition) is 0. The Balaban J connectivity index is 1.39. The Bertz CT molecular complexity index is 1360. The quantitative estimate of drug-likeness (QED) is 0.292. The maximum absolute atomic E-state index is 13.1. The molecule has 0 radical (unpaired) electrons. The summed E-state index contributed by atoms with van der Waals surface area (Å²) in [6.07, 6.45) is 0. The standard InChI is InChI=1S/C29H21NO2/c31-29(32-20-21-15-17-23(18-16-21)22-9-3-1-4-10-22)26-19-28(24-11-5-2-6-12-24)30-27-14-8-7-13-25(26)27/h1-19H,20H2. The Hall–Kier alpha value is -4.24. The molecule has 0 aliphatic heterocycles. The minimum atomic E-state index is -0.354. The number of fused-ring (bicyclic) bond motifs is 1. The van der Waals surface area contributed by atoms with Gasteiger partial charge in [0.25, 0.3) is 0 Å². The van der Waals surface area contributed by atoms with E-state index in [0.29, 0.717) is 5.56 Å². The van der Waals surface area contributed by atoms with Crippen LogP contribution in [-0.2, 0) is 11.3 Å². The van der Waals surface area contributed by atoms with E-state index in [1.54, 1.807) is 0 Å². The van der Waals surface area contributed by atoms with E-state index in [0.717, 1.165) is 38.9 Å². The number of rotatable bonds is 5. The van der Waals surface area contributed by atoms with Crippen LogP contribution in [0.15, 0.2) is 115 Å². The number of aromatic nitrogens is 1. The van der Waals surface area contributed by atoms with Crippen LogP contribution in [0.4, 0.5) is 0 Å². The van der Waals surface area contributed by atoms with Gasteiger partial charge in [-0.05, 0) is 28.8 Å². The molecule has 5 rings (SSSR count). The van der Waals surface area contributed by atoms with E-state index in [1.165, 1.54) is 0 Å². The predicted molar refractivity (Wildman–Crippen MR) is 128 cm³/mol. The van der Waals surface area contributed by atoms with Crippen molar-refractivity contribution in [3.63, 3.8) is 0 Å². The smallest absolute Gasteiger partial charge is 0.339 e. The average Bonchev–Trinajstić information content (AvgIpc) is 2.88. The van der Waals surface area contributed by atoms with Gasteiger partial charge >= 0.3 is 5.97 Å². The van der Waals surface area contributed by atoms with Crippen LogP contribution in [0.5, 0.6) is 0 Å². The molecule has 154 valence electrons. The average molecular weight is 415 g/mol. The first-order chi connectivity index (χ1) is 15.8. The molecular formula is C29H21NO2. The van der Waals surface area contributed by atoms with Gasteiger partial charge in [0.05, 0.1) is 16.8 Å². The van der Waals surface area contributed by atoms with E-state index < -0.39 is 0 Å². The second kappa shape index (κ2) is 8.86. The second-order valence-corrected chi connectivity index (χ2v) is 7.58. The van der Waals surface area contributed by atoms with Gasteiger partial charge in [0.15, 0.2) is 0 Å². The molecule has 0 spiro atoms. The van der Waals surface area contributed by atoms with E-state index in [-0.39, 0.29) is 12.6 Å². The number of esters is 1. The summed E-state index contributed by atoms with van der Waals surface area (Å²) in [7, 11) is 0. The van der Waals surface area contributed by atoms with Crippen LogP contribution >= 0.6 is 0 Å². The Labute approximate surface area is 187 Å². The zero-order valence-electron chi connectivity index (χ0n) is 17.4. The fourth-order valence-electron chi connectivity index (χ4n) is 3.75. The van der Waals surface area contributed by atoms with Crippen molar-refractivity contribution in [2.45, 2.75) is 6.61 Å². The molecule has 0 saturated heterocycles. The topological polar surface area (TPSA) is 39.2 Å². The molecule has 0 amide bonds. The maximum Gasteiger partial charge on any atom is 0.339 e. The molecule has 1 aromatic heterocycles. The first-order valence-corrected chi connectivity index (χ1v) is 10.5. The molecule has 0 atom stereocenters. The highest BCUT2D eigenvalue weighted by Crippen LogP contribution is 2.26. The number of ether oxygens (including phenoxy) is 1. The molecule has 5 aromatic rings. The zero-order chi connectivity index (χ0) is 21.8. The zero-order valence-corrected chi connectivity index (χ0v) is 17.4. The Kier molecular flexibility index (Phi) is 5.46. The van der Waals surface area contributed by atoms with Crippen LogP contribution in [0.3, 0.4) is 0 Å². The van der Waals surface area contributed by atoms with E-state index in [1.807, 2.05) is 103 Å². The molecule has 0 bridgehead atoms. The summed E-state index contributed by atoms with van der Waals surface area (Å²) in [6, 6.07) is 37.6. The largest absolute Gasteiger partial charge is 0.457 e. The lowest BCUT2D eigenvalue weighted by Gasteiger charge is -2.11. The minimum Gasteiger partial charge on any atom is -0.457 e. The number of hydrogen-bond acceptors (Lipinski definition) is 3. The third kappa shape index (κ3) is 4.14. The molecule has 0 unspecified atom stereocenters. The summed E-state index contributed by atoms with van der Waals surface area (Å²) in [4.78, 5) is 17.8. The number of nitrogens with zero attached hydrogens (tertiary/aromatic N) is 1. The van der Waals surface area contributed by atoms with Crippen LogP contribution in [-0.4, -0.2) is 11.0 Å². The van der Waals surface area contributed by atoms with Crippen molar-refractivity contribution in [2.75, 3.05) is 0 Å². The van der Waals surface area contributed by atoms with Crippen molar-refractivity contribution in [1.29, 1.82) is 0 Å². The lowest BCUT2D eigenvalue weighted by Crippen LogP contribution is -2.07. The van der Waals surface area contributed by atoms with Gasteiger partial charge in [-0.15, -0.1) is 0 Å². The van der Waals surface area contributed by atoms with Gasteiger partial charge in [-0.25, -0.2) is 9.78 Å². The van der Waals surface area contributed by atoms with Gasteiger partial charge in [-0.3, -0.25) is 0 Å². The number of pyridine rings is 1. The van der Waals surface area contributed by atoms with Crippen LogP contribution < -0.4 is 0 Å². The molecule has 32 heavy (non-hydrogen) atoms. The molecule has 0 saturated carbocycles. The van der Waals surface area contributed by atoms with Crippen LogP contribution in [0.25, 0.3) is 33.3 Å². The second-order valence-electron chi connectivity index (χ2n) is 7.58. The van der Waals surface area contributed by atoms with Gasteiger partial charge in [0, 0.05) is 10.9 Å². The number of carbonyl (C=O) groups excluding carboxylic acids is 1. The number of benzene rings is 4. The summed E-state index contributed by atoms with van der Waals surface area (Å²) in [5.74, 6) is -0.354. The van der Waals surface area contributed by atoms with E-state index in [4.69, 9.17) is 9.72 Å². The summed E-state index contributed by atoms with van der Waals surface area (Å²) in [5.41, 5.74) is 6.25. The lowest BCUT2D eigenvalue weighted by molar-refractivity contribution is 0.0475. The predicted octanol–water partition coefficient (Wildman–Crippen LogP) is 6.93. The summed E-state index contributed by atoms with van der Waals surface area (Å²) >= 11 is 0. The summed E-state index contributed by atoms with van der Waals surface area (Å²) < 4.78 is 5.69. The van der Waals surface area contributed by atoms with Crippen LogP contribution in [0, 0.1) is 0 Å². The molecule has 3 heteroatoms. The molecule has 0 aliphatic carbocycles. The van der Waals surface area contributed by atoms with Crippen molar-refractivity contribution < 1.29 is 9.53 Å². The summed E-state index contributed by atoms with van der Waals surface area (Å²) in [5, 5.41) is 0.789. The van der Waals surface area contributed by atoms with Crippen molar-refractivity contribution in [3.05, 3.63) is 126 Å². The maximum atomic E-state index is 13.1. The molecule has 0 N–H and O–H groups in total. The van der Waals surface area contributed by atoms with Crippen molar-refractivity contribution in [2.24, 2.45) is 0 Å². The molecule has 0 aliphatic rings. The fourth-order valence-corrected chi connectivity index (χ4v) is 3.75. The Morgan fingerprint density at radius 1 is 0.656 bits per heavy atom. The third-order valence-corrected chi connectivity index (χ3v) is 5.44. The SMILES string of the molecule is O=C(OCc1ccc(-c2ccccc2)cc1)c1cc(-c2ccccc2)nc2ccccc12. The molecule has 4 aromatic carbocycles. The normalized spacial score (nSPS) is 10.8. The highest BCUT2D eigenvalue weighted by Gasteiger charge is 2.15. The highest BCUT2D eigenvalue weighted by atomic mass is 16.5. The molecule has 1 heterocycles. The lowest BCUT2D eigenvalue weighted by atomic mass is 10.0. The van der Waals surface area contributed by atoms with Gasteiger partial charge < -0.3 is 4.74 Å².